The van der Waals surface area contributed by atoms with Gasteiger partial charge in [-0.15, -0.1) is 0 Å². The Bertz CT molecular complexity index is 2690. The molecule has 0 N–H and O–H groups in total. The van der Waals surface area contributed by atoms with Crippen LogP contribution >= 0.6 is 38.5 Å². The molecule has 6 heteroatoms. The fraction of sp³-hybridized carbons (Fsp3) is 0.400. The SMILES string of the molecule is CC(C)c1cccc(C(C)C)c1N1C=CN(c2c(C(C)C)cccc2C(C)C)C1.CC1=Cc2cc(C(C)(C)C)cc(-c3ccccc3)c2C1.CC1=Cc2cc(C(C)(C)C)cc(Br)c2C1.CCCI.[Br-].[Mg+2].[c-]1ccccc1. The third-order valence-electron chi connectivity index (χ3n) is 13.8. The Morgan fingerprint density at radius 2 is 0.934 bits per heavy atom. The summed E-state index contributed by atoms with van der Waals surface area (Å²) in [6.07, 6.45) is 12.7. The van der Waals surface area contributed by atoms with Crippen LogP contribution in [0, 0.1) is 6.07 Å². The van der Waals surface area contributed by atoms with Gasteiger partial charge >= 0.3 is 23.1 Å². The second kappa shape index (κ2) is 30.8. The van der Waals surface area contributed by atoms with E-state index < -0.39 is 0 Å². The van der Waals surface area contributed by atoms with Gasteiger partial charge in [0.1, 0.15) is 0 Å². The van der Waals surface area contributed by atoms with Crippen LogP contribution in [-0.4, -0.2) is 34.1 Å². The van der Waals surface area contributed by atoms with Crippen LogP contribution in [0.25, 0.3) is 23.3 Å². The van der Waals surface area contributed by atoms with Crippen molar-refractivity contribution in [1.29, 1.82) is 0 Å². The van der Waals surface area contributed by atoms with Gasteiger partial charge in [0.15, 0.2) is 0 Å². The quantitative estimate of drug-likeness (QED) is 0.0649. The molecule has 2 nitrogen and oxygen atoms in total. The summed E-state index contributed by atoms with van der Waals surface area (Å²) in [6, 6.07) is 46.3. The van der Waals surface area contributed by atoms with E-state index in [1.165, 1.54) is 105 Å². The minimum absolute atomic E-state index is 0. The Morgan fingerprint density at radius 3 is 1.29 bits per heavy atom. The number of hydrogen-bond acceptors (Lipinski definition) is 2. The van der Waals surface area contributed by atoms with Gasteiger partial charge in [-0.2, -0.15) is 36.4 Å². The molecule has 1 aliphatic heterocycles. The zero-order valence-corrected chi connectivity index (χ0v) is 56.2. The largest absolute Gasteiger partial charge is 2.00 e. The van der Waals surface area contributed by atoms with E-state index in [1.807, 2.05) is 30.3 Å². The molecule has 402 valence electrons. The maximum atomic E-state index is 3.68. The molecule has 76 heavy (non-hydrogen) atoms. The van der Waals surface area contributed by atoms with Crippen molar-refractivity contribution in [1.82, 2.24) is 0 Å². The molecule has 0 saturated carbocycles. The van der Waals surface area contributed by atoms with Crippen molar-refractivity contribution in [2.75, 3.05) is 20.9 Å². The first-order valence-electron chi connectivity index (χ1n) is 27.3. The maximum Gasteiger partial charge on any atom is 2.00 e. The Hall–Kier alpha value is -3.40. The minimum atomic E-state index is 0. The van der Waals surface area contributed by atoms with Gasteiger partial charge < -0.3 is 26.8 Å². The molecule has 6 aromatic carbocycles. The molecule has 0 saturated heterocycles. The summed E-state index contributed by atoms with van der Waals surface area (Å²) in [6.45, 7) is 39.5. The van der Waals surface area contributed by atoms with Crippen molar-refractivity contribution >= 4 is 85.1 Å². The van der Waals surface area contributed by atoms with Crippen LogP contribution in [0.3, 0.4) is 0 Å². The Kier molecular flexibility index (Phi) is 27.1. The van der Waals surface area contributed by atoms with Crippen molar-refractivity contribution < 1.29 is 17.0 Å². The monoisotopic (exact) mass is 1270 g/mol. The van der Waals surface area contributed by atoms with Crippen LogP contribution in [0.2, 0.25) is 0 Å². The van der Waals surface area contributed by atoms with E-state index >= 15 is 0 Å². The number of nitrogens with zero attached hydrogens (tertiary/aromatic N) is 2. The van der Waals surface area contributed by atoms with Crippen LogP contribution < -0.4 is 26.8 Å². The third-order valence-corrected chi connectivity index (χ3v) is 15.6. The molecular weight excluding hydrogens is 1180 g/mol. The van der Waals surface area contributed by atoms with Gasteiger partial charge in [-0.3, -0.25) is 0 Å². The van der Waals surface area contributed by atoms with Gasteiger partial charge in [0.05, 0.1) is 6.67 Å². The molecule has 0 amide bonds. The Balaban J connectivity index is 0.000000281. The summed E-state index contributed by atoms with van der Waals surface area (Å²) in [5, 5.41) is 0. The van der Waals surface area contributed by atoms with Crippen LogP contribution in [0.4, 0.5) is 11.4 Å². The number of benzene rings is 6. The minimum Gasteiger partial charge on any atom is -1.00 e. The molecule has 0 unspecified atom stereocenters. The van der Waals surface area contributed by atoms with Crippen molar-refractivity contribution in [2.24, 2.45) is 0 Å². The first-order chi connectivity index (χ1) is 35.0. The molecule has 0 spiro atoms. The molecule has 9 rings (SSSR count). The summed E-state index contributed by atoms with van der Waals surface area (Å²) in [5.74, 6) is 2.00. The van der Waals surface area contributed by atoms with Gasteiger partial charge in [-0.1, -0.05) is 251 Å². The van der Waals surface area contributed by atoms with E-state index in [4.69, 9.17) is 0 Å². The summed E-state index contributed by atoms with van der Waals surface area (Å²) in [7, 11) is 0. The summed E-state index contributed by atoms with van der Waals surface area (Å²) in [5.41, 5.74) is 23.1. The zero-order valence-electron chi connectivity index (χ0n) is 49.4. The molecule has 0 aromatic heterocycles. The van der Waals surface area contributed by atoms with Crippen LogP contribution in [0.15, 0.2) is 149 Å². The topological polar surface area (TPSA) is 6.48 Å². The molecule has 0 bridgehead atoms. The van der Waals surface area contributed by atoms with E-state index in [-0.39, 0.29) is 50.9 Å². The number of rotatable bonds is 8. The molecule has 6 aromatic rings. The molecule has 0 fully saturated rings. The van der Waals surface area contributed by atoms with Gasteiger partial charge in [0, 0.05) is 28.2 Å². The number of fused-ring (bicyclic) bond motifs is 2. The summed E-state index contributed by atoms with van der Waals surface area (Å²) in [4.78, 5) is 4.90. The van der Waals surface area contributed by atoms with Gasteiger partial charge in [0.25, 0.3) is 0 Å². The van der Waals surface area contributed by atoms with Crippen molar-refractivity contribution in [3.8, 4) is 11.1 Å². The van der Waals surface area contributed by atoms with E-state index in [0.29, 0.717) is 23.7 Å². The maximum absolute atomic E-state index is 3.68. The normalized spacial score (nSPS) is 13.2. The number of halogens is 3. The Labute approximate surface area is 511 Å². The van der Waals surface area contributed by atoms with Crippen molar-refractivity contribution in [3.63, 3.8) is 0 Å². The van der Waals surface area contributed by atoms with Gasteiger partial charge in [0.2, 0.25) is 0 Å². The van der Waals surface area contributed by atoms with Crippen molar-refractivity contribution in [2.45, 2.75) is 171 Å². The molecule has 1 heterocycles. The fourth-order valence-corrected chi connectivity index (χ4v) is 10.3. The van der Waals surface area contributed by atoms with Crippen LogP contribution in [0.1, 0.15) is 203 Å². The van der Waals surface area contributed by atoms with Crippen LogP contribution in [0.5, 0.6) is 0 Å². The van der Waals surface area contributed by atoms with E-state index in [1.54, 1.807) is 0 Å². The second-order valence-corrected chi connectivity index (χ2v) is 25.6. The Morgan fingerprint density at radius 1 is 0.553 bits per heavy atom. The van der Waals surface area contributed by atoms with Gasteiger partial charge in [-0.25, -0.2) is 0 Å². The summed E-state index contributed by atoms with van der Waals surface area (Å²) >= 11 is 6.04. The average molecular weight is 1270 g/mol. The van der Waals surface area contributed by atoms with Crippen molar-refractivity contribution in [3.05, 3.63) is 211 Å². The zero-order chi connectivity index (χ0) is 54.5. The third kappa shape index (κ3) is 18.3. The number of hydrogen-bond donors (Lipinski definition) is 0. The average Bonchev–Trinajstić information content (AvgIpc) is 4.12. The number of anilines is 2. The van der Waals surface area contributed by atoms with E-state index in [2.05, 4.69) is 288 Å². The molecule has 0 atom stereocenters. The first-order valence-corrected chi connectivity index (χ1v) is 29.6. The number of allylic oxidation sites excluding steroid dienone is 2. The number of para-hydroxylation sites is 2. The smallest absolute Gasteiger partial charge is 1.00 e. The standard InChI is InChI=1S/C27H38N2.C20H22.C14H17Br.C6H5.C3H7I.BrH.Mg/c1-18(2)22-11-9-12-23(19(3)4)26(22)28-15-16-29(17-28)27-24(20(5)6)13-10-14-25(27)21(7)8;1-14-10-16-12-17(20(2,3)4)13-19(18(16)11-14)15-8-6-5-7-9-15;1-9-5-10-7-11(14(2,3)4)8-13(15)12(10)6-9;1-2-4-6-5-3-1;1-2-3-4;;/h9-16,18-21H,17H2,1-8H3;5-10,12-13H,11H2,1-4H3;5,7-8H,6H2,1-4H3;1-5H;2-3H2,1H3;1H;/q;;;-1;;;+2/p-1. The van der Waals surface area contributed by atoms with Crippen LogP contribution in [-0.2, 0) is 23.7 Å². The molecule has 0 radical (unpaired) electrons. The fourth-order valence-electron chi connectivity index (χ4n) is 9.66. The molecular formula is C70H89Br2IMgN2. The van der Waals surface area contributed by atoms with Gasteiger partial charge in [-0.05, 0) is 145 Å². The molecule has 2 aliphatic carbocycles. The summed E-state index contributed by atoms with van der Waals surface area (Å²) < 4.78 is 2.55. The molecule has 3 aliphatic rings. The predicted molar refractivity (Wildman–Crippen MR) is 347 cm³/mol. The second-order valence-electron chi connectivity index (χ2n) is 23.7. The predicted octanol–water partition coefficient (Wildman–Crippen LogP) is 18.2. The first kappa shape index (κ1) is 66.9. The van der Waals surface area contributed by atoms with E-state index in [9.17, 15) is 0 Å². The number of alkyl halides is 1. The van der Waals surface area contributed by atoms with E-state index in [0.717, 1.165) is 19.5 Å².